The topological polar surface area (TPSA) is 18.5 Å². The Balaban J connectivity index is 1.56. The van der Waals surface area contributed by atoms with Gasteiger partial charge < -0.3 is 9.47 Å². The first kappa shape index (κ1) is 17.2. The molecule has 1 heterocycles. The van der Waals surface area contributed by atoms with Gasteiger partial charge in [0.25, 0.3) is 0 Å². The number of hydrogen-bond donors (Lipinski definition) is 0. The molecule has 0 spiro atoms. The minimum atomic E-state index is 0.0908. The Morgan fingerprint density at radius 1 is 0.929 bits per heavy atom. The van der Waals surface area contributed by atoms with E-state index in [1.165, 1.54) is 22.3 Å². The summed E-state index contributed by atoms with van der Waals surface area (Å²) in [6, 6.07) is 24.7. The van der Waals surface area contributed by atoms with Crippen LogP contribution in [0.5, 0.6) is 5.75 Å². The maximum atomic E-state index is 6.51. The summed E-state index contributed by atoms with van der Waals surface area (Å²) in [5.41, 5.74) is 6.10. The highest BCUT2D eigenvalue weighted by Gasteiger charge is 2.36. The Labute approximate surface area is 169 Å². The monoisotopic (exact) mass is 386 g/mol. The van der Waals surface area contributed by atoms with Crippen LogP contribution >= 0.6 is 11.6 Å². The number of rotatable bonds is 3. The minimum absolute atomic E-state index is 0.0908. The summed E-state index contributed by atoms with van der Waals surface area (Å²) in [5.74, 6) is 2.87. The third kappa shape index (κ3) is 2.81. The average Bonchev–Trinajstić information content (AvgIpc) is 3.08. The van der Waals surface area contributed by atoms with E-state index in [-0.39, 0.29) is 5.92 Å². The second kappa shape index (κ2) is 6.88. The molecule has 138 valence electrons. The molecular formula is C25H19ClO2. The normalized spacial score (nSPS) is 17.5. The molecule has 0 fully saturated rings. The molecule has 0 aromatic heterocycles. The third-order valence-corrected chi connectivity index (χ3v) is 5.70. The minimum Gasteiger partial charge on any atom is -0.497 e. The van der Waals surface area contributed by atoms with Crippen LogP contribution in [0.1, 0.15) is 34.6 Å². The predicted octanol–water partition coefficient (Wildman–Crippen LogP) is 6.67. The zero-order valence-corrected chi connectivity index (χ0v) is 16.2. The number of allylic oxidation sites excluding steroid dienone is 3. The van der Waals surface area contributed by atoms with E-state index in [0.29, 0.717) is 0 Å². The molecule has 0 N–H and O–H groups in total. The summed E-state index contributed by atoms with van der Waals surface area (Å²) in [6.07, 6.45) is 3.02. The predicted molar refractivity (Wildman–Crippen MR) is 113 cm³/mol. The van der Waals surface area contributed by atoms with Gasteiger partial charge in [0.05, 0.1) is 13.0 Å². The molecule has 2 nitrogen and oxygen atoms in total. The lowest BCUT2D eigenvalue weighted by Gasteiger charge is -2.23. The van der Waals surface area contributed by atoms with Gasteiger partial charge in [0.15, 0.2) is 0 Å². The van der Waals surface area contributed by atoms with Crippen LogP contribution in [0.3, 0.4) is 0 Å². The van der Waals surface area contributed by atoms with Gasteiger partial charge in [-0.3, -0.25) is 0 Å². The molecule has 0 saturated carbocycles. The molecule has 3 aromatic rings. The first-order chi connectivity index (χ1) is 13.7. The second-order valence-electron chi connectivity index (χ2n) is 7.02. The molecule has 5 rings (SSSR count). The molecule has 1 unspecified atom stereocenters. The average molecular weight is 387 g/mol. The summed E-state index contributed by atoms with van der Waals surface area (Å²) in [5, 5.41) is 0.726. The van der Waals surface area contributed by atoms with Gasteiger partial charge in [-0.2, -0.15) is 0 Å². The largest absolute Gasteiger partial charge is 0.497 e. The van der Waals surface area contributed by atoms with Crippen LogP contribution in [0.4, 0.5) is 0 Å². The first-order valence-electron chi connectivity index (χ1n) is 9.35. The summed E-state index contributed by atoms with van der Waals surface area (Å²) in [4.78, 5) is 0. The van der Waals surface area contributed by atoms with Crippen LogP contribution < -0.4 is 4.74 Å². The van der Waals surface area contributed by atoms with E-state index in [4.69, 9.17) is 21.1 Å². The van der Waals surface area contributed by atoms with Crippen molar-refractivity contribution in [2.45, 2.75) is 12.3 Å². The van der Waals surface area contributed by atoms with Crippen LogP contribution in [0.25, 0.3) is 11.3 Å². The number of fused-ring (bicyclic) bond motifs is 2. The van der Waals surface area contributed by atoms with Crippen LogP contribution in [-0.2, 0) is 4.74 Å². The van der Waals surface area contributed by atoms with Gasteiger partial charge in [-0.1, -0.05) is 48.0 Å². The van der Waals surface area contributed by atoms with E-state index >= 15 is 0 Å². The molecule has 0 bridgehead atoms. The fourth-order valence-electron chi connectivity index (χ4n) is 4.08. The first-order valence-corrected chi connectivity index (χ1v) is 9.72. The lowest BCUT2D eigenvalue weighted by molar-refractivity contribution is 0.357. The lowest BCUT2D eigenvalue weighted by atomic mass is 9.92. The molecule has 1 atom stereocenters. The van der Waals surface area contributed by atoms with Crippen LogP contribution in [0, 0.1) is 0 Å². The molecule has 0 radical (unpaired) electrons. The van der Waals surface area contributed by atoms with Gasteiger partial charge in [0.2, 0.25) is 0 Å². The molecule has 0 saturated heterocycles. The molecule has 1 aliphatic heterocycles. The molecule has 0 amide bonds. The highest BCUT2D eigenvalue weighted by Crippen LogP contribution is 2.50. The smallest absolute Gasteiger partial charge is 0.130 e. The van der Waals surface area contributed by atoms with Crippen molar-refractivity contribution < 1.29 is 9.47 Å². The SMILES string of the molecule is COc1ccc(C2C3=C(CC=C(c4ccc(Cl)cc4)O3)c3ccccc32)cc1. The quantitative estimate of drug-likeness (QED) is 0.500. The number of benzene rings is 3. The van der Waals surface area contributed by atoms with Crippen LogP contribution in [0.2, 0.25) is 5.02 Å². The molecular weight excluding hydrogens is 368 g/mol. The summed E-state index contributed by atoms with van der Waals surface area (Å²) < 4.78 is 11.8. The van der Waals surface area contributed by atoms with Crippen LogP contribution in [0.15, 0.2) is 84.6 Å². The van der Waals surface area contributed by atoms with Crippen molar-refractivity contribution in [1.29, 1.82) is 0 Å². The maximum Gasteiger partial charge on any atom is 0.130 e. The molecule has 1 aliphatic carbocycles. The lowest BCUT2D eigenvalue weighted by Crippen LogP contribution is -2.07. The third-order valence-electron chi connectivity index (χ3n) is 5.45. The number of ether oxygens (including phenoxy) is 2. The van der Waals surface area contributed by atoms with E-state index in [0.717, 1.165) is 34.3 Å². The number of halogens is 1. The fourth-order valence-corrected chi connectivity index (χ4v) is 4.20. The maximum absolute atomic E-state index is 6.51. The Morgan fingerprint density at radius 3 is 2.43 bits per heavy atom. The van der Waals surface area contributed by atoms with E-state index in [1.54, 1.807) is 7.11 Å². The molecule has 3 aromatic carbocycles. The summed E-state index contributed by atoms with van der Waals surface area (Å²) in [7, 11) is 1.69. The van der Waals surface area contributed by atoms with Gasteiger partial charge >= 0.3 is 0 Å². The van der Waals surface area contributed by atoms with Crippen molar-refractivity contribution in [1.82, 2.24) is 0 Å². The Hall–Kier alpha value is -2.97. The van der Waals surface area contributed by atoms with E-state index in [2.05, 4.69) is 42.5 Å². The second-order valence-corrected chi connectivity index (χ2v) is 7.45. The van der Waals surface area contributed by atoms with E-state index in [9.17, 15) is 0 Å². The van der Waals surface area contributed by atoms with Gasteiger partial charge in [0.1, 0.15) is 17.3 Å². The van der Waals surface area contributed by atoms with E-state index in [1.807, 2.05) is 36.4 Å². The fraction of sp³-hybridized carbons (Fsp3) is 0.120. The summed E-state index contributed by atoms with van der Waals surface area (Å²) in [6.45, 7) is 0. The van der Waals surface area contributed by atoms with Crippen molar-refractivity contribution in [3.8, 4) is 5.75 Å². The van der Waals surface area contributed by atoms with Gasteiger partial charge in [0, 0.05) is 16.2 Å². The van der Waals surface area contributed by atoms with Gasteiger partial charge in [-0.15, -0.1) is 0 Å². The molecule has 28 heavy (non-hydrogen) atoms. The van der Waals surface area contributed by atoms with Crippen molar-refractivity contribution in [2.24, 2.45) is 0 Å². The summed E-state index contributed by atoms with van der Waals surface area (Å²) >= 11 is 6.05. The van der Waals surface area contributed by atoms with Gasteiger partial charge in [-0.25, -0.2) is 0 Å². The van der Waals surface area contributed by atoms with Crippen molar-refractivity contribution in [2.75, 3.05) is 7.11 Å². The highest BCUT2D eigenvalue weighted by molar-refractivity contribution is 6.30. The van der Waals surface area contributed by atoms with Crippen molar-refractivity contribution in [3.05, 3.63) is 112 Å². The Kier molecular flexibility index (Phi) is 4.22. The standard InChI is InChI=1S/C25H19ClO2/c1-27-19-12-8-17(9-13-19)24-21-5-3-2-4-20(21)22-14-15-23(28-25(22)24)16-6-10-18(26)11-7-16/h2-13,15,24H,14H2,1H3. The molecule has 3 heteroatoms. The highest BCUT2D eigenvalue weighted by atomic mass is 35.5. The molecule has 2 aliphatic rings. The Morgan fingerprint density at radius 2 is 1.68 bits per heavy atom. The van der Waals surface area contributed by atoms with E-state index < -0.39 is 0 Å². The zero-order valence-electron chi connectivity index (χ0n) is 15.5. The Bertz CT molecular complexity index is 1090. The zero-order chi connectivity index (χ0) is 19.1. The number of hydrogen-bond acceptors (Lipinski definition) is 2. The number of methoxy groups -OCH3 is 1. The van der Waals surface area contributed by atoms with Crippen LogP contribution in [-0.4, -0.2) is 7.11 Å². The van der Waals surface area contributed by atoms with Crippen molar-refractivity contribution in [3.63, 3.8) is 0 Å². The van der Waals surface area contributed by atoms with Gasteiger partial charge in [-0.05, 0) is 65.6 Å². The van der Waals surface area contributed by atoms with Crippen molar-refractivity contribution >= 4 is 22.9 Å².